The van der Waals surface area contributed by atoms with Gasteiger partial charge in [-0.25, -0.2) is 4.98 Å². The van der Waals surface area contributed by atoms with Crippen molar-refractivity contribution in [3.8, 4) is 11.5 Å². The van der Waals surface area contributed by atoms with Crippen LogP contribution in [0.3, 0.4) is 0 Å². The monoisotopic (exact) mass is 375 g/mol. The first-order valence-electron chi connectivity index (χ1n) is 9.10. The molecule has 0 atom stereocenters. The molecule has 1 aromatic heterocycles. The van der Waals surface area contributed by atoms with Gasteiger partial charge in [0.1, 0.15) is 18.9 Å². The van der Waals surface area contributed by atoms with Gasteiger partial charge in [0.05, 0.1) is 11.9 Å². The number of amides is 1. The van der Waals surface area contributed by atoms with E-state index in [0.29, 0.717) is 36.1 Å². The molecule has 2 N–H and O–H groups in total. The van der Waals surface area contributed by atoms with Crippen molar-refractivity contribution in [2.24, 2.45) is 0 Å². The van der Waals surface area contributed by atoms with Crippen LogP contribution in [0, 0.1) is 13.8 Å². The first kappa shape index (κ1) is 17.9. The molecule has 0 spiro atoms. The summed E-state index contributed by atoms with van der Waals surface area (Å²) < 4.78 is 11.0. The van der Waals surface area contributed by atoms with Gasteiger partial charge in [0.25, 0.3) is 5.91 Å². The standard InChI is InChI=1S/C22H21N3O3/c1-14-3-4-16(11-15(14)2)24-18-5-7-19(23-13-18)22(26)25-17-6-8-20-21(12-17)28-10-9-27-20/h3-8,11-13,24H,9-10H2,1-2H3,(H,25,26). The zero-order chi connectivity index (χ0) is 19.5. The van der Waals surface area contributed by atoms with Crippen LogP contribution in [0.15, 0.2) is 54.7 Å². The Labute approximate surface area is 163 Å². The summed E-state index contributed by atoms with van der Waals surface area (Å²) in [6.45, 7) is 5.19. The Bertz CT molecular complexity index is 1020. The fraction of sp³-hybridized carbons (Fsp3) is 0.182. The topological polar surface area (TPSA) is 72.5 Å². The van der Waals surface area contributed by atoms with Gasteiger partial charge in [0, 0.05) is 17.4 Å². The number of hydrogen-bond acceptors (Lipinski definition) is 5. The van der Waals surface area contributed by atoms with Gasteiger partial charge in [-0.05, 0) is 61.4 Å². The van der Waals surface area contributed by atoms with Gasteiger partial charge < -0.3 is 20.1 Å². The number of nitrogens with zero attached hydrogens (tertiary/aromatic N) is 1. The van der Waals surface area contributed by atoms with Crippen molar-refractivity contribution in [1.29, 1.82) is 0 Å². The number of benzene rings is 2. The molecule has 4 rings (SSSR count). The molecule has 0 aliphatic carbocycles. The minimum Gasteiger partial charge on any atom is -0.486 e. The van der Waals surface area contributed by atoms with E-state index in [1.807, 2.05) is 12.1 Å². The fourth-order valence-electron chi connectivity index (χ4n) is 2.90. The van der Waals surface area contributed by atoms with Crippen molar-refractivity contribution in [2.45, 2.75) is 13.8 Å². The molecule has 0 radical (unpaired) electrons. The smallest absolute Gasteiger partial charge is 0.274 e. The Hall–Kier alpha value is -3.54. The summed E-state index contributed by atoms with van der Waals surface area (Å²) in [7, 11) is 0. The average Bonchev–Trinajstić information content (AvgIpc) is 2.71. The van der Waals surface area contributed by atoms with Gasteiger partial charge in [-0.15, -0.1) is 0 Å². The SMILES string of the molecule is Cc1ccc(Nc2ccc(C(=O)Nc3ccc4c(c3)OCCO4)nc2)cc1C. The molecule has 1 aliphatic rings. The maximum atomic E-state index is 12.5. The number of nitrogens with one attached hydrogen (secondary N) is 2. The second-order valence-corrected chi connectivity index (χ2v) is 6.67. The Morgan fingerprint density at radius 2 is 1.61 bits per heavy atom. The van der Waals surface area contributed by atoms with Crippen molar-refractivity contribution in [3.63, 3.8) is 0 Å². The zero-order valence-electron chi connectivity index (χ0n) is 15.8. The Kier molecular flexibility index (Phi) is 4.85. The van der Waals surface area contributed by atoms with Crippen molar-refractivity contribution >= 4 is 23.0 Å². The maximum absolute atomic E-state index is 12.5. The van der Waals surface area contributed by atoms with Gasteiger partial charge in [-0.3, -0.25) is 4.79 Å². The molecule has 1 aliphatic heterocycles. The van der Waals surface area contributed by atoms with Gasteiger partial charge in [-0.2, -0.15) is 0 Å². The molecule has 0 saturated heterocycles. The number of hydrogen-bond donors (Lipinski definition) is 2. The van der Waals surface area contributed by atoms with Crippen molar-refractivity contribution in [3.05, 3.63) is 71.5 Å². The lowest BCUT2D eigenvalue weighted by Gasteiger charge is -2.19. The number of pyridine rings is 1. The molecule has 2 aromatic carbocycles. The minimum atomic E-state index is -0.283. The predicted octanol–water partition coefficient (Wildman–Crippen LogP) is 4.47. The van der Waals surface area contributed by atoms with Crippen LogP contribution >= 0.6 is 0 Å². The number of aryl methyl sites for hydroxylation is 2. The van der Waals surface area contributed by atoms with Crippen molar-refractivity contribution < 1.29 is 14.3 Å². The van der Waals surface area contributed by atoms with E-state index < -0.39 is 0 Å². The number of aromatic nitrogens is 1. The molecule has 28 heavy (non-hydrogen) atoms. The Morgan fingerprint density at radius 3 is 2.36 bits per heavy atom. The molecule has 0 bridgehead atoms. The van der Waals surface area contributed by atoms with Crippen LogP contribution in [-0.2, 0) is 0 Å². The zero-order valence-corrected chi connectivity index (χ0v) is 15.8. The van der Waals surface area contributed by atoms with E-state index in [1.165, 1.54) is 11.1 Å². The number of fused-ring (bicyclic) bond motifs is 1. The lowest BCUT2D eigenvalue weighted by molar-refractivity contribution is 0.102. The highest BCUT2D eigenvalue weighted by Gasteiger charge is 2.14. The van der Waals surface area contributed by atoms with E-state index in [2.05, 4.69) is 41.6 Å². The van der Waals surface area contributed by atoms with E-state index in [1.54, 1.807) is 30.5 Å². The van der Waals surface area contributed by atoms with E-state index in [4.69, 9.17) is 9.47 Å². The normalized spacial score (nSPS) is 12.4. The van der Waals surface area contributed by atoms with Crippen LogP contribution < -0.4 is 20.1 Å². The molecule has 6 nitrogen and oxygen atoms in total. The van der Waals surface area contributed by atoms with E-state index in [9.17, 15) is 4.79 Å². The van der Waals surface area contributed by atoms with Gasteiger partial charge in [0.15, 0.2) is 11.5 Å². The van der Waals surface area contributed by atoms with Crippen molar-refractivity contribution in [2.75, 3.05) is 23.8 Å². The maximum Gasteiger partial charge on any atom is 0.274 e. The van der Waals surface area contributed by atoms with E-state index in [-0.39, 0.29) is 5.91 Å². The third-order valence-electron chi connectivity index (χ3n) is 4.59. The second kappa shape index (κ2) is 7.60. The highest BCUT2D eigenvalue weighted by Crippen LogP contribution is 2.32. The number of carbonyl (C=O) groups is 1. The summed E-state index contributed by atoms with van der Waals surface area (Å²) in [6.07, 6.45) is 1.65. The summed E-state index contributed by atoms with van der Waals surface area (Å²) in [5, 5.41) is 6.13. The molecular weight excluding hydrogens is 354 g/mol. The number of ether oxygens (including phenoxy) is 2. The van der Waals surface area contributed by atoms with Crippen LogP contribution in [0.25, 0.3) is 0 Å². The summed E-state index contributed by atoms with van der Waals surface area (Å²) in [5.41, 5.74) is 5.23. The molecular formula is C22H21N3O3. The molecule has 0 saturated carbocycles. The number of carbonyl (C=O) groups excluding carboxylic acids is 1. The highest BCUT2D eigenvalue weighted by molar-refractivity contribution is 6.03. The summed E-state index contributed by atoms with van der Waals surface area (Å²) in [5.74, 6) is 1.03. The second-order valence-electron chi connectivity index (χ2n) is 6.67. The molecule has 2 heterocycles. The number of rotatable bonds is 4. The van der Waals surface area contributed by atoms with Gasteiger partial charge in [0.2, 0.25) is 0 Å². The molecule has 3 aromatic rings. The lowest BCUT2D eigenvalue weighted by atomic mass is 10.1. The average molecular weight is 375 g/mol. The molecule has 0 fully saturated rings. The molecule has 142 valence electrons. The quantitative estimate of drug-likeness (QED) is 0.704. The molecule has 0 unspecified atom stereocenters. The Balaban J connectivity index is 1.43. The van der Waals surface area contributed by atoms with Gasteiger partial charge in [-0.1, -0.05) is 6.07 Å². The fourth-order valence-corrected chi connectivity index (χ4v) is 2.90. The third-order valence-corrected chi connectivity index (χ3v) is 4.59. The summed E-state index contributed by atoms with van der Waals surface area (Å²) >= 11 is 0. The van der Waals surface area contributed by atoms with Crippen LogP contribution in [0.5, 0.6) is 11.5 Å². The van der Waals surface area contributed by atoms with E-state index in [0.717, 1.165) is 11.4 Å². The van der Waals surface area contributed by atoms with Gasteiger partial charge >= 0.3 is 0 Å². The summed E-state index contributed by atoms with van der Waals surface area (Å²) in [4.78, 5) is 16.7. The summed E-state index contributed by atoms with van der Waals surface area (Å²) in [6, 6.07) is 15.0. The first-order valence-corrected chi connectivity index (χ1v) is 9.10. The van der Waals surface area contributed by atoms with Crippen LogP contribution in [0.4, 0.5) is 17.1 Å². The largest absolute Gasteiger partial charge is 0.486 e. The predicted molar refractivity (Wildman–Crippen MR) is 109 cm³/mol. The first-order chi connectivity index (χ1) is 13.6. The number of anilines is 3. The van der Waals surface area contributed by atoms with Crippen LogP contribution in [0.2, 0.25) is 0 Å². The lowest BCUT2D eigenvalue weighted by Crippen LogP contribution is -2.17. The highest BCUT2D eigenvalue weighted by atomic mass is 16.6. The van der Waals surface area contributed by atoms with E-state index >= 15 is 0 Å². The molecule has 1 amide bonds. The molecule has 6 heteroatoms. The van der Waals surface area contributed by atoms with Crippen LogP contribution in [0.1, 0.15) is 21.6 Å². The minimum absolute atomic E-state index is 0.283. The van der Waals surface area contributed by atoms with Crippen LogP contribution in [-0.4, -0.2) is 24.1 Å². The Morgan fingerprint density at radius 1 is 0.857 bits per heavy atom. The van der Waals surface area contributed by atoms with Crippen molar-refractivity contribution in [1.82, 2.24) is 4.98 Å². The third kappa shape index (κ3) is 3.91.